The monoisotopic (exact) mass is 268 g/mol. The van der Waals surface area contributed by atoms with Crippen molar-refractivity contribution < 1.29 is 14.3 Å². The van der Waals surface area contributed by atoms with Crippen LogP contribution in [-0.2, 0) is 14.3 Å². The molecule has 108 valence electrons. The second-order valence-corrected chi connectivity index (χ2v) is 5.40. The number of likely N-dealkylation sites (N-methyl/N-ethyl adjacent to an activating group) is 1. The average Bonchev–Trinajstić information content (AvgIpc) is 2.80. The molecule has 2 fully saturated rings. The highest BCUT2D eigenvalue weighted by Gasteiger charge is 2.43. The number of morpholine rings is 1. The van der Waals surface area contributed by atoms with E-state index in [9.17, 15) is 4.79 Å². The molecule has 5 heteroatoms. The number of amides is 1. The molecule has 0 N–H and O–H groups in total. The summed E-state index contributed by atoms with van der Waals surface area (Å²) in [5.41, 5.74) is 0. The van der Waals surface area contributed by atoms with Gasteiger partial charge in [-0.15, -0.1) is 6.58 Å². The first-order valence-electron chi connectivity index (χ1n) is 6.91. The van der Waals surface area contributed by atoms with Crippen LogP contribution in [0.1, 0.15) is 12.8 Å². The Labute approximate surface area is 115 Å². The fourth-order valence-corrected chi connectivity index (χ4v) is 2.87. The van der Waals surface area contributed by atoms with Crippen LogP contribution in [0.5, 0.6) is 0 Å². The first-order valence-corrected chi connectivity index (χ1v) is 6.91. The summed E-state index contributed by atoms with van der Waals surface area (Å²) >= 11 is 0. The minimum Gasteiger partial charge on any atom is -0.373 e. The van der Waals surface area contributed by atoms with Crippen LogP contribution in [0.3, 0.4) is 0 Å². The van der Waals surface area contributed by atoms with E-state index in [0.717, 1.165) is 32.5 Å². The van der Waals surface area contributed by atoms with Crippen molar-refractivity contribution in [1.82, 2.24) is 9.80 Å². The van der Waals surface area contributed by atoms with Gasteiger partial charge in [0.05, 0.1) is 18.8 Å². The molecular weight excluding hydrogens is 244 g/mol. The molecule has 0 unspecified atom stereocenters. The molecule has 19 heavy (non-hydrogen) atoms. The van der Waals surface area contributed by atoms with Crippen molar-refractivity contribution in [3.05, 3.63) is 12.7 Å². The Kier molecular flexibility index (Phi) is 4.96. The maximum absolute atomic E-state index is 11.6. The highest BCUT2D eigenvalue weighted by Crippen LogP contribution is 2.31. The van der Waals surface area contributed by atoms with E-state index in [1.54, 1.807) is 19.0 Å². The number of ether oxygens (including phenoxy) is 2. The van der Waals surface area contributed by atoms with Crippen LogP contribution >= 0.6 is 0 Å². The fraction of sp³-hybridized carbons (Fsp3) is 0.786. The smallest absolute Gasteiger partial charge is 0.248 e. The van der Waals surface area contributed by atoms with Gasteiger partial charge in [-0.3, -0.25) is 9.69 Å². The molecule has 0 bridgehead atoms. The van der Waals surface area contributed by atoms with Crippen LogP contribution in [0.4, 0.5) is 0 Å². The van der Waals surface area contributed by atoms with Gasteiger partial charge in [0.15, 0.2) is 0 Å². The lowest BCUT2D eigenvalue weighted by Gasteiger charge is -2.38. The number of carbonyl (C=O) groups excluding carboxylic acids is 1. The molecule has 2 rings (SSSR count). The van der Waals surface area contributed by atoms with Crippen LogP contribution in [0.25, 0.3) is 0 Å². The summed E-state index contributed by atoms with van der Waals surface area (Å²) in [6.07, 6.45) is 4.11. The number of rotatable bonds is 5. The van der Waals surface area contributed by atoms with Crippen molar-refractivity contribution in [2.24, 2.45) is 0 Å². The number of fused-ring (bicyclic) bond motifs is 1. The predicted octanol–water partition coefficient (Wildman–Crippen LogP) is 0.509. The normalized spacial score (nSPS) is 30.9. The molecule has 1 saturated heterocycles. The highest BCUT2D eigenvalue weighted by atomic mass is 16.5. The van der Waals surface area contributed by atoms with Crippen LogP contribution in [-0.4, -0.2) is 74.4 Å². The molecule has 5 nitrogen and oxygen atoms in total. The molecule has 0 radical (unpaired) electrons. The van der Waals surface area contributed by atoms with Crippen molar-refractivity contribution >= 4 is 5.91 Å². The van der Waals surface area contributed by atoms with Crippen molar-refractivity contribution in [1.29, 1.82) is 0 Å². The number of nitrogens with zero attached hydrogens (tertiary/aromatic N) is 2. The van der Waals surface area contributed by atoms with Gasteiger partial charge in [0, 0.05) is 33.2 Å². The molecule has 1 saturated carbocycles. The van der Waals surface area contributed by atoms with Crippen LogP contribution in [0.2, 0.25) is 0 Å². The molecule has 3 atom stereocenters. The molecule has 1 heterocycles. The van der Waals surface area contributed by atoms with Crippen molar-refractivity contribution in [3.8, 4) is 0 Å². The zero-order valence-electron chi connectivity index (χ0n) is 11.9. The molecule has 1 amide bonds. The van der Waals surface area contributed by atoms with Crippen LogP contribution < -0.4 is 0 Å². The quantitative estimate of drug-likeness (QED) is 0.681. The summed E-state index contributed by atoms with van der Waals surface area (Å²) in [5.74, 6) is 0.00204. The number of hydrogen-bond donors (Lipinski definition) is 0. The largest absolute Gasteiger partial charge is 0.373 e. The third kappa shape index (κ3) is 3.35. The van der Waals surface area contributed by atoms with Gasteiger partial charge >= 0.3 is 0 Å². The zero-order valence-corrected chi connectivity index (χ0v) is 11.9. The van der Waals surface area contributed by atoms with E-state index in [0.29, 0.717) is 6.04 Å². The van der Waals surface area contributed by atoms with E-state index in [4.69, 9.17) is 9.47 Å². The fourth-order valence-electron chi connectivity index (χ4n) is 2.87. The van der Waals surface area contributed by atoms with Gasteiger partial charge in [-0.05, 0) is 12.8 Å². The molecule has 2 aliphatic rings. The standard InChI is InChI=1S/C14H24N2O3/c1-4-7-16-8-9-18-14-11(16)5-6-12(14)19-10-13(17)15(2)3/h4,11-12,14H,1,5-10H2,2-3H3/t11-,12+,14+/m0/s1. The lowest BCUT2D eigenvalue weighted by molar-refractivity contribution is -0.143. The Morgan fingerprint density at radius 3 is 3.00 bits per heavy atom. The summed E-state index contributed by atoms with van der Waals surface area (Å²) < 4.78 is 11.6. The molecule has 0 aromatic heterocycles. The minimum atomic E-state index is 0.00204. The van der Waals surface area contributed by atoms with Gasteiger partial charge in [0.25, 0.3) is 0 Å². The molecule has 1 aliphatic carbocycles. The van der Waals surface area contributed by atoms with Gasteiger partial charge in [-0.2, -0.15) is 0 Å². The van der Waals surface area contributed by atoms with Crippen molar-refractivity contribution in [2.75, 3.05) is 40.4 Å². The van der Waals surface area contributed by atoms with Crippen LogP contribution in [0.15, 0.2) is 12.7 Å². The second kappa shape index (κ2) is 6.50. The van der Waals surface area contributed by atoms with Gasteiger partial charge in [-0.25, -0.2) is 0 Å². The van der Waals surface area contributed by atoms with Crippen molar-refractivity contribution in [3.63, 3.8) is 0 Å². The summed E-state index contributed by atoms with van der Waals surface area (Å²) in [7, 11) is 3.48. The summed E-state index contributed by atoms with van der Waals surface area (Å²) in [6, 6.07) is 0.409. The van der Waals surface area contributed by atoms with E-state index in [-0.39, 0.29) is 24.7 Å². The summed E-state index contributed by atoms with van der Waals surface area (Å²) in [5, 5.41) is 0. The summed E-state index contributed by atoms with van der Waals surface area (Å²) in [6.45, 7) is 6.53. The third-order valence-electron chi connectivity index (χ3n) is 3.93. The summed E-state index contributed by atoms with van der Waals surface area (Å²) in [4.78, 5) is 15.5. The SMILES string of the molecule is C=CCN1CCO[C@H]2[C@H](OCC(=O)N(C)C)CC[C@@H]21. The first kappa shape index (κ1) is 14.5. The van der Waals surface area contributed by atoms with Gasteiger partial charge < -0.3 is 14.4 Å². The number of carbonyl (C=O) groups is 1. The first-order chi connectivity index (χ1) is 9.13. The van der Waals surface area contributed by atoms with Gasteiger partial charge in [0.1, 0.15) is 6.61 Å². The molecule has 1 aliphatic heterocycles. The third-order valence-corrected chi connectivity index (χ3v) is 3.93. The van der Waals surface area contributed by atoms with E-state index in [1.165, 1.54) is 0 Å². The average molecular weight is 268 g/mol. The van der Waals surface area contributed by atoms with Crippen molar-refractivity contribution in [2.45, 2.75) is 31.1 Å². The van der Waals surface area contributed by atoms with Gasteiger partial charge in [0.2, 0.25) is 5.91 Å². The maximum atomic E-state index is 11.6. The maximum Gasteiger partial charge on any atom is 0.248 e. The Hall–Kier alpha value is -0.910. The zero-order chi connectivity index (χ0) is 13.8. The minimum absolute atomic E-state index is 0.00204. The van der Waals surface area contributed by atoms with E-state index < -0.39 is 0 Å². The van der Waals surface area contributed by atoms with Gasteiger partial charge in [-0.1, -0.05) is 6.08 Å². The Balaban J connectivity index is 1.87. The molecule has 0 aromatic carbocycles. The lowest BCUT2D eigenvalue weighted by Crippen LogP contribution is -2.51. The predicted molar refractivity (Wildman–Crippen MR) is 73.0 cm³/mol. The number of hydrogen-bond acceptors (Lipinski definition) is 4. The topological polar surface area (TPSA) is 42.0 Å². The van der Waals surface area contributed by atoms with E-state index in [2.05, 4.69) is 11.5 Å². The Morgan fingerprint density at radius 2 is 2.32 bits per heavy atom. The molecule has 0 spiro atoms. The second-order valence-electron chi connectivity index (χ2n) is 5.40. The molecule has 0 aromatic rings. The Morgan fingerprint density at radius 1 is 1.53 bits per heavy atom. The lowest BCUT2D eigenvalue weighted by atomic mass is 10.1. The van der Waals surface area contributed by atoms with E-state index >= 15 is 0 Å². The highest BCUT2D eigenvalue weighted by molar-refractivity contribution is 5.76. The van der Waals surface area contributed by atoms with E-state index in [1.807, 2.05) is 6.08 Å². The molecular formula is C14H24N2O3. The van der Waals surface area contributed by atoms with Crippen LogP contribution in [0, 0.1) is 0 Å². The Bertz CT molecular complexity index is 333.